The Bertz CT molecular complexity index is 1150. The molecule has 0 radical (unpaired) electrons. The van der Waals surface area contributed by atoms with Gasteiger partial charge in [0.2, 0.25) is 5.91 Å². The van der Waals surface area contributed by atoms with Gasteiger partial charge in [-0.25, -0.2) is 9.97 Å². The second-order valence-electron chi connectivity index (χ2n) is 7.25. The van der Waals surface area contributed by atoms with Crippen LogP contribution in [0.4, 0.5) is 5.69 Å². The van der Waals surface area contributed by atoms with Crippen molar-refractivity contribution >= 4 is 23.4 Å². The Morgan fingerprint density at radius 1 is 0.935 bits per heavy atom. The third-order valence-corrected chi connectivity index (χ3v) is 4.86. The number of fused-ring (bicyclic) bond motifs is 1. The highest BCUT2D eigenvalue weighted by molar-refractivity contribution is 6.23. The van der Waals surface area contributed by atoms with Gasteiger partial charge < -0.3 is 10.1 Å². The van der Waals surface area contributed by atoms with E-state index in [-0.39, 0.29) is 6.01 Å². The Hall–Kier alpha value is -4.07. The Kier molecular flexibility index (Phi) is 5.21. The molecular formula is C23H20N4O4. The molecule has 1 aliphatic rings. The third kappa shape index (κ3) is 4.00. The fraction of sp³-hybridized carbons (Fsp3) is 0.174. The highest BCUT2D eigenvalue weighted by Crippen LogP contribution is 2.26. The quantitative estimate of drug-likeness (QED) is 0.639. The van der Waals surface area contributed by atoms with E-state index in [2.05, 4.69) is 15.3 Å². The van der Waals surface area contributed by atoms with E-state index in [1.165, 1.54) is 6.92 Å². The van der Waals surface area contributed by atoms with Crippen LogP contribution in [0.15, 0.2) is 54.6 Å². The molecule has 3 amide bonds. The van der Waals surface area contributed by atoms with Crippen LogP contribution in [-0.2, 0) is 4.79 Å². The fourth-order valence-corrected chi connectivity index (χ4v) is 3.41. The monoisotopic (exact) mass is 416 g/mol. The maximum atomic E-state index is 12.8. The van der Waals surface area contributed by atoms with Crippen LogP contribution < -0.4 is 10.1 Å². The largest absolute Gasteiger partial charge is 0.424 e. The first-order chi connectivity index (χ1) is 14.8. The summed E-state index contributed by atoms with van der Waals surface area (Å²) in [6.45, 7) is 5.21. The molecule has 0 fully saturated rings. The number of hydrogen-bond donors (Lipinski definition) is 1. The maximum Gasteiger partial charge on any atom is 0.322 e. The molecule has 2 aromatic carbocycles. The van der Waals surface area contributed by atoms with Gasteiger partial charge in [0.15, 0.2) is 0 Å². The van der Waals surface area contributed by atoms with Crippen molar-refractivity contribution in [3.8, 4) is 11.8 Å². The highest BCUT2D eigenvalue weighted by atomic mass is 16.5. The number of carbonyl (C=O) groups excluding carboxylic acids is 3. The fourth-order valence-electron chi connectivity index (χ4n) is 3.41. The molecule has 0 aliphatic carbocycles. The smallest absolute Gasteiger partial charge is 0.322 e. The van der Waals surface area contributed by atoms with Gasteiger partial charge in [0.05, 0.1) is 11.1 Å². The average Bonchev–Trinajstić information content (AvgIpc) is 2.97. The SMILES string of the molecule is Cc1cc(C)nc(Oc2cccc(NC(=O)C(C)N3C(=O)c4ccccc4C3=O)c2)n1. The van der Waals surface area contributed by atoms with Crippen LogP contribution in [0.3, 0.4) is 0 Å². The number of carbonyl (C=O) groups is 3. The first-order valence-corrected chi connectivity index (χ1v) is 9.71. The second-order valence-corrected chi connectivity index (χ2v) is 7.25. The predicted molar refractivity (Wildman–Crippen MR) is 113 cm³/mol. The lowest BCUT2D eigenvalue weighted by Crippen LogP contribution is -2.45. The summed E-state index contributed by atoms with van der Waals surface area (Å²) >= 11 is 0. The lowest BCUT2D eigenvalue weighted by molar-refractivity contribution is -0.119. The second kappa shape index (κ2) is 7.98. The zero-order chi connectivity index (χ0) is 22.1. The zero-order valence-corrected chi connectivity index (χ0v) is 17.2. The van der Waals surface area contributed by atoms with Crippen molar-refractivity contribution in [3.05, 3.63) is 77.1 Å². The minimum atomic E-state index is -0.986. The van der Waals surface area contributed by atoms with Crippen LogP contribution in [0.1, 0.15) is 39.0 Å². The van der Waals surface area contributed by atoms with Crippen molar-refractivity contribution in [1.82, 2.24) is 14.9 Å². The first-order valence-electron chi connectivity index (χ1n) is 9.71. The van der Waals surface area contributed by atoms with E-state index in [4.69, 9.17) is 4.74 Å². The van der Waals surface area contributed by atoms with E-state index in [0.717, 1.165) is 16.3 Å². The maximum absolute atomic E-state index is 12.8. The summed E-state index contributed by atoms with van der Waals surface area (Å²) in [6.07, 6.45) is 0. The molecule has 4 rings (SSSR count). The van der Waals surface area contributed by atoms with Gasteiger partial charge in [-0.3, -0.25) is 19.3 Å². The molecule has 2 heterocycles. The van der Waals surface area contributed by atoms with Crippen LogP contribution in [0.5, 0.6) is 11.8 Å². The molecule has 1 unspecified atom stereocenters. The molecule has 31 heavy (non-hydrogen) atoms. The molecule has 1 atom stereocenters. The molecule has 8 heteroatoms. The molecule has 0 spiro atoms. The molecule has 1 aromatic heterocycles. The van der Waals surface area contributed by atoms with Gasteiger partial charge >= 0.3 is 6.01 Å². The van der Waals surface area contributed by atoms with Crippen molar-refractivity contribution in [2.45, 2.75) is 26.8 Å². The summed E-state index contributed by atoms with van der Waals surface area (Å²) in [5.74, 6) is -1.01. The molecule has 0 saturated carbocycles. The van der Waals surface area contributed by atoms with Crippen molar-refractivity contribution < 1.29 is 19.1 Å². The van der Waals surface area contributed by atoms with E-state index < -0.39 is 23.8 Å². The first kappa shape index (κ1) is 20.2. The molecule has 1 aliphatic heterocycles. The molecule has 156 valence electrons. The van der Waals surface area contributed by atoms with Gasteiger partial charge in [0, 0.05) is 23.1 Å². The number of aromatic nitrogens is 2. The Balaban J connectivity index is 1.48. The summed E-state index contributed by atoms with van der Waals surface area (Å²) < 4.78 is 5.71. The van der Waals surface area contributed by atoms with Crippen molar-refractivity contribution in [1.29, 1.82) is 0 Å². The number of benzene rings is 2. The van der Waals surface area contributed by atoms with Crippen molar-refractivity contribution in [2.24, 2.45) is 0 Å². The van der Waals surface area contributed by atoms with Crippen LogP contribution >= 0.6 is 0 Å². The lowest BCUT2D eigenvalue weighted by Gasteiger charge is -2.21. The van der Waals surface area contributed by atoms with Crippen molar-refractivity contribution in [3.63, 3.8) is 0 Å². The minimum absolute atomic E-state index is 0.209. The van der Waals surface area contributed by atoms with Gasteiger partial charge in [0.25, 0.3) is 11.8 Å². The summed E-state index contributed by atoms with van der Waals surface area (Å²) in [6, 6.07) is 14.3. The van der Waals surface area contributed by atoms with Crippen LogP contribution in [0.2, 0.25) is 0 Å². The van der Waals surface area contributed by atoms with E-state index in [0.29, 0.717) is 22.6 Å². The molecular weight excluding hydrogens is 396 g/mol. The molecule has 3 aromatic rings. The van der Waals surface area contributed by atoms with E-state index in [1.807, 2.05) is 19.9 Å². The molecule has 1 N–H and O–H groups in total. The summed E-state index contributed by atoms with van der Waals surface area (Å²) in [5.41, 5.74) is 2.62. The standard InChI is InChI=1S/C23H20N4O4/c1-13-11-14(2)25-23(24-13)31-17-8-6-7-16(12-17)26-20(28)15(3)27-21(29)18-9-4-5-10-19(18)22(27)30/h4-12,15H,1-3H3,(H,26,28). The van der Waals surface area contributed by atoms with E-state index in [9.17, 15) is 14.4 Å². The lowest BCUT2D eigenvalue weighted by atomic mass is 10.1. The van der Waals surface area contributed by atoms with Crippen LogP contribution in [-0.4, -0.2) is 38.6 Å². The highest BCUT2D eigenvalue weighted by Gasteiger charge is 2.40. The summed E-state index contributed by atoms with van der Waals surface area (Å²) in [4.78, 5) is 47.4. The summed E-state index contributed by atoms with van der Waals surface area (Å²) in [5, 5.41) is 2.73. The number of hydrogen-bond acceptors (Lipinski definition) is 6. The Morgan fingerprint density at radius 3 is 2.16 bits per heavy atom. The number of amides is 3. The number of anilines is 1. The Morgan fingerprint density at radius 2 is 1.55 bits per heavy atom. The number of imide groups is 1. The van der Waals surface area contributed by atoms with Crippen LogP contribution in [0.25, 0.3) is 0 Å². The van der Waals surface area contributed by atoms with Gasteiger partial charge in [-0.15, -0.1) is 0 Å². The number of nitrogens with zero attached hydrogens (tertiary/aromatic N) is 3. The van der Waals surface area contributed by atoms with Crippen molar-refractivity contribution in [2.75, 3.05) is 5.32 Å². The minimum Gasteiger partial charge on any atom is -0.424 e. The molecule has 0 saturated heterocycles. The average molecular weight is 416 g/mol. The van der Waals surface area contributed by atoms with E-state index >= 15 is 0 Å². The summed E-state index contributed by atoms with van der Waals surface area (Å²) in [7, 11) is 0. The molecule has 0 bridgehead atoms. The third-order valence-electron chi connectivity index (χ3n) is 4.86. The number of nitrogens with one attached hydrogen (secondary N) is 1. The van der Waals surface area contributed by atoms with Gasteiger partial charge in [-0.1, -0.05) is 18.2 Å². The number of rotatable bonds is 5. The Labute approximate surface area is 178 Å². The van der Waals surface area contributed by atoms with Gasteiger partial charge in [0.1, 0.15) is 11.8 Å². The van der Waals surface area contributed by atoms with Crippen LogP contribution in [0, 0.1) is 13.8 Å². The van der Waals surface area contributed by atoms with E-state index in [1.54, 1.807) is 48.5 Å². The topological polar surface area (TPSA) is 101 Å². The molecule has 8 nitrogen and oxygen atoms in total. The zero-order valence-electron chi connectivity index (χ0n) is 17.2. The normalized spacial score (nSPS) is 13.7. The predicted octanol–water partition coefficient (Wildman–Crippen LogP) is 3.51. The van der Waals surface area contributed by atoms with Gasteiger partial charge in [-0.05, 0) is 51.1 Å². The number of aryl methyl sites for hydroxylation is 2. The van der Waals surface area contributed by atoms with Gasteiger partial charge in [-0.2, -0.15) is 0 Å². The number of ether oxygens (including phenoxy) is 1.